The van der Waals surface area contributed by atoms with E-state index in [2.05, 4.69) is 10.3 Å². The molecule has 2 aromatic rings. The van der Waals surface area contributed by atoms with Crippen LogP contribution in [-0.2, 0) is 14.8 Å². The predicted molar refractivity (Wildman–Crippen MR) is 92.6 cm³/mol. The summed E-state index contributed by atoms with van der Waals surface area (Å²) >= 11 is 0. The fourth-order valence-electron chi connectivity index (χ4n) is 2.24. The van der Waals surface area contributed by atoms with E-state index in [1.54, 1.807) is 42.6 Å². The first-order chi connectivity index (χ1) is 11.3. The van der Waals surface area contributed by atoms with E-state index in [-0.39, 0.29) is 0 Å². The highest BCUT2D eigenvalue weighted by atomic mass is 32.2. The van der Waals surface area contributed by atoms with Gasteiger partial charge in [-0.1, -0.05) is 6.07 Å². The topological polar surface area (TPSA) is 88.6 Å². The summed E-state index contributed by atoms with van der Waals surface area (Å²) in [5.41, 5.74) is 0.846. The van der Waals surface area contributed by atoms with E-state index in [0.717, 1.165) is 10.6 Å². The molecule has 1 atom stereocenters. The summed E-state index contributed by atoms with van der Waals surface area (Å²) in [6.07, 6.45) is 4.12. The van der Waals surface area contributed by atoms with Gasteiger partial charge in [0.2, 0.25) is 15.9 Å². The Hall–Kier alpha value is -2.61. The first kappa shape index (κ1) is 17.7. The number of hydrogen-bond donors (Lipinski definition) is 1. The van der Waals surface area contributed by atoms with E-state index in [9.17, 15) is 13.2 Å². The standard InChI is InChI=1S/C16H19N3O4S/c1-12(16(20)18-13-6-5-9-17-11-13)19(24(3,21)22)14-7-4-8-15(10-14)23-2/h4-12H,1-3H3,(H,18,20). The number of anilines is 2. The first-order valence-corrected chi connectivity index (χ1v) is 9.02. The molecule has 0 aliphatic carbocycles. The molecule has 0 saturated heterocycles. The van der Waals surface area contributed by atoms with Crippen LogP contribution < -0.4 is 14.4 Å². The zero-order valence-electron chi connectivity index (χ0n) is 13.6. The van der Waals surface area contributed by atoms with Gasteiger partial charge in [-0.2, -0.15) is 0 Å². The van der Waals surface area contributed by atoms with Gasteiger partial charge in [0, 0.05) is 12.3 Å². The molecule has 0 aliphatic heterocycles. The van der Waals surface area contributed by atoms with Crippen LogP contribution in [0.2, 0.25) is 0 Å². The van der Waals surface area contributed by atoms with Gasteiger partial charge in [-0.25, -0.2) is 8.42 Å². The van der Waals surface area contributed by atoms with Crippen molar-refractivity contribution in [1.29, 1.82) is 0 Å². The molecule has 2 rings (SSSR count). The highest BCUT2D eigenvalue weighted by Crippen LogP contribution is 2.25. The molecule has 7 nitrogen and oxygen atoms in total. The third-order valence-corrected chi connectivity index (χ3v) is 4.57. The smallest absolute Gasteiger partial charge is 0.248 e. The monoisotopic (exact) mass is 349 g/mol. The van der Waals surface area contributed by atoms with Gasteiger partial charge in [0.05, 0.1) is 30.9 Å². The van der Waals surface area contributed by atoms with E-state index in [1.807, 2.05) is 0 Å². The second kappa shape index (κ2) is 7.31. The van der Waals surface area contributed by atoms with Crippen LogP contribution in [-0.4, -0.2) is 38.7 Å². The molecule has 24 heavy (non-hydrogen) atoms. The lowest BCUT2D eigenvalue weighted by atomic mass is 10.2. The van der Waals surface area contributed by atoms with Crippen LogP contribution in [0.1, 0.15) is 6.92 Å². The molecule has 1 amide bonds. The number of nitrogens with zero attached hydrogens (tertiary/aromatic N) is 2. The average Bonchev–Trinajstić information content (AvgIpc) is 2.54. The van der Waals surface area contributed by atoms with Crippen LogP contribution in [0.5, 0.6) is 5.75 Å². The summed E-state index contributed by atoms with van der Waals surface area (Å²) in [6.45, 7) is 1.52. The number of carbonyl (C=O) groups is 1. The molecule has 0 fully saturated rings. The Balaban J connectivity index is 2.32. The SMILES string of the molecule is COc1cccc(N(C(C)C(=O)Nc2cccnc2)S(C)(=O)=O)c1. The lowest BCUT2D eigenvalue weighted by Crippen LogP contribution is -2.45. The Labute approximate surface area is 141 Å². The maximum atomic E-state index is 12.5. The predicted octanol–water partition coefficient (Wildman–Crippen LogP) is 1.88. The Morgan fingerprint density at radius 3 is 2.62 bits per heavy atom. The van der Waals surface area contributed by atoms with Crippen LogP contribution in [0, 0.1) is 0 Å². The second-order valence-corrected chi connectivity index (χ2v) is 7.03. The normalized spacial score (nSPS) is 12.3. The minimum absolute atomic E-state index is 0.352. The summed E-state index contributed by atoms with van der Waals surface area (Å²) < 4.78 is 30.6. The van der Waals surface area contributed by atoms with Crippen molar-refractivity contribution in [2.75, 3.05) is 23.0 Å². The molecule has 0 bridgehead atoms. The molecule has 0 spiro atoms. The van der Waals surface area contributed by atoms with Gasteiger partial charge in [-0.15, -0.1) is 0 Å². The third-order valence-electron chi connectivity index (χ3n) is 3.33. The van der Waals surface area contributed by atoms with Gasteiger partial charge in [0.1, 0.15) is 11.8 Å². The van der Waals surface area contributed by atoms with Crippen LogP contribution >= 0.6 is 0 Å². The van der Waals surface area contributed by atoms with Crippen LogP contribution in [0.4, 0.5) is 11.4 Å². The molecule has 0 saturated carbocycles. The van der Waals surface area contributed by atoms with Crippen LogP contribution in [0.25, 0.3) is 0 Å². The first-order valence-electron chi connectivity index (χ1n) is 7.17. The van der Waals surface area contributed by atoms with Crippen molar-refractivity contribution in [2.45, 2.75) is 13.0 Å². The summed E-state index contributed by atoms with van der Waals surface area (Å²) in [5, 5.41) is 2.65. The van der Waals surface area contributed by atoms with E-state index < -0.39 is 22.0 Å². The van der Waals surface area contributed by atoms with Crippen molar-refractivity contribution in [3.8, 4) is 5.75 Å². The van der Waals surface area contributed by atoms with Gasteiger partial charge in [0.15, 0.2) is 0 Å². The van der Waals surface area contributed by atoms with Crippen molar-refractivity contribution < 1.29 is 17.9 Å². The van der Waals surface area contributed by atoms with Crippen LogP contribution in [0.3, 0.4) is 0 Å². The Bertz CT molecular complexity index is 809. The average molecular weight is 349 g/mol. The maximum Gasteiger partial charge on any atom is 0.248 e. The number of rotatable bonds is 6. The van der Waals surface area contributed by atoms with Gasteiger partial charge < -0.3 is 10.1 Å². The number of methoxy groups -OCH3 is 1. The second-order valence-electron chi connectivity index (χ2n) is 5.17. The van der Waals surface area contributed by atoms with Crippen molar-refractivity contribution in [1.82, 2.24) is 4.98 Å². The lowest BCUT2D eigenvalue weighted by Gasteiger charge is -2.28. The molecule has 1 aromatic heterocycles. The maximum absolute atomic E-state index is 12.5. The molecule has 1 unspecified atom stereocenters. The molecular formula is C16H19N3O4S. The third kappa shape index (κ3) is 4.23. The van der Waals surface area contributed by atoms with E-state index in [1.165, 1.54) is 20.2 Å². The number of carbonyl (C=O) groups excluding carboxylic acids is 1. The largest absolute Gasteiger partial charge is 0.497 e. The van der Waals surface area contributed by atoms with E-state index in [0.29, 0.717) is 17.1 Å². The molecule has 0 radical (unpaired) electrons. The summed E-state index contributed by atoms with van der Waals surface area (Å²) in [7, 11) is -2.19. The summed E-state index contributed by atoms with van der Waals surface area (Å²) in [5.74, 6) is 0.0391. The van der Waals surface area contributed by atoms with E-state index in [4.69, 9.17) is 4.74 Å². The van der Waals surface area contributed by atoms with Gasteiger partial charge in [-0.3, -0.25) is 14.1 Å². The quantitative estimate of drug-likeness (QED) is 0.860. The molecule has 8 heteroatoms. The molecule has 0 aliphatic rings. The lowest BCUT2D eigenvalue weighted by molar-refractivity contribution is -0.116. The summed E-state index contributed by atoms with van der Waals surface area (Å²) in [6, 6.07) is 8.94. The fourth-order valence-corrected chi connectivity index (χ4v) is 3.41. The number of nitrogens with one attached hydrogen (secondary N) is 1. The Morgan fingerprint density at radius 2 is 2.04 bits per heavy atom. The zero-order valence-corrected chi connectivity index (χ0v) is 14.4. The van der Waals surface area contributed by atoms with Crippen molar-refractivity contribution >= 4 is 27.3 Å². The zero-order chi connectivity index (χ0) is 17.7. The van der Waals surface area contributed by atoms with Gasteiger partial charge in [0.25, 0.3) is 0 Å². The molecule has 128 valence electrons. The number of benzene rings is 1. The highest BCUT2D eigenvalue weighted by molar-refractivity contribution is 7.92. The minimum Gasteiger partial charge on any atom is -0.497 e. The number of amides is 1. The highest BCUT2D eigenvalue weighted by Gasteiger charge is 2.29. The molecule has 1 heterocycles. The fraction of sp³-hybridized carbons (Fsp3) is 0.250. The Morgan fingerprint density at radius 1 is 1.29 bits per heavy atom. The van der Waals surface area contributed by atoms with Crippen molar-refractivity contribution in [2.24, 2.45) is 0 Å². The number of hydrogen-bond acceptors (Lipinski definition) is 5. The Kier molecular flexibility index (Phi) is 5.40. The van der Waals surface area contributed by atoms with Gasteiger partial charge >= 0.3 is 0 Å². The van der Waals surface area contributed by atoms with Crippen molar-refractivity contribution in [3.63, 3.8) is 0 Å². The van der Waals surface area contributed by atoms with Gasteiger partial charge in [-0.05, 0) is 31.2 Å². The number of aromatic nitrogens is 1. The van der Waals surface area contributed by atoms with E-state index >= 15 is 0 Å². The van der Waals surface area contributed by atoms with Crippen LogP contribution in [0.15, 0.2) is 48.8 Å². The molecular weight excluding hydrogens is 330 g/mol. The number of pyridine rings is 1. The number of ether oxygens (including phenoxy) is 1. The number of sulfonamides is 1. The molecule has 1 aromatic carbocycles. The minimum atomic E-state index is -3.68. The summed E-state index contributed by atoms with van der Waals surface area (Å²) in [4.78, 5) is 16.4. The van der Waals surface area contributed by atoms with Crippen molar-refractivity contribution in [3.05, 3.63) is 48.8 Å². The molecule has 1 N–H and O–H groups in total.